The maximum Gasteiger partial charge on any atom is 0.243 e. The molecule has 0 radical (unpaired) electrons. The lowest BCUT2D eigenvalue weighted by atomic mass is 10.0. The van der Waals surface area contributed by atoms with Gasteiger partial charge in [-0.25, -0.2) is 0 Å². The first kappa shape index (κ1) is 10.5. The van der Waals surface area contributed by atoms with Gasteiger partial charge in [-0.1, -0.05) is 0 Å². The van der Waals surface area contributed by atoms with Gasteiger partial charge in [0.25, 0.3) is 0 Å². The third-order valence-electron chi connectivity index (χ3n) is 2.29. The molecule has 76 valence electrons. The van der Waals surface area contributed by atoms with Gasteiger partial charge in [-0.05, 0) is 38.3 Å². The van der Waals surface area contributed by atoms with Crippen LogP contribution in [0.4, 0.5) is 0 Å². The van der Waals surface area contributed by atoms with Crippen molar-refractivity contribution in [3.05, 3.63) is 0 Å². The highest BCUT2D eigenvalue weighted by Crippen LogP contribution is 2.13. The summed E-state index contributed by atoms with van der Waals surface area (Å²) in [4.78, 5) is 10.4. The molecule has 0 spiro atoms. The number of hydrogen-bond donors (Lipinski definition) is 2. The van der Waals surface area contributed by atoms with Gasteiger partial charge in [0, 0.05) is 0 Å². The zero-order valence-electron chi connectivity index (χ0n) is 7.92. The maximum absolute atomic E-state index is 10.4. The summed E-state index contributed by atoms with van der Waals surface area (Å²) < 4.78 is 5.19. The van der Waals surface area contributed by atoms with Crippen LogP contribution < -0.4 is 11.1 Å². The Morgan fingerprint density at radius 2 is 2.31 bits per heavy atom. The average molecular weight is 186 g/mol. The predicted octanol–water partition coefficient (Wildman–Crippen LogP) is -0.122. The van der Waals surface area contributed by atoms with Gasteiger partial charge in [0.15, 0.2) is 0 Å². The number of ether oxygens (including phenoxy) is 1. The summed E-state index contributed by atoms with van der Waals surface area (Å²) in [5.41, 5.74) is 4.96. The van der Waals surface area contributed by atoms with Crippen molar-refractivity contribution in [2.24, 2.45) is 11.7 Å². The van der Waals surface area contributed by atoms with Crippen LogP contribution in [-0.4, -0.2) is 32.2 Å². The molecule has 1 heterocycles. The Bertz CT molecular complexity index is 154. The Labute approximate surface area is 78.8 Å². The van der Waals surface area contributed by atoms with Gasteiger partial charge in [-0.15, -0.1) is 0 Å². The van der Waals surface area contributed by atoms with Crippen molar-refractivity contribution >= 4 is 5.91 Å². The number of nitrogens with two attached hydrogens (primary N) is 1. The molecule has 1 aliphatic heterocycles. The fourth-order valence-electron chi connectivity index (χ4n) is 1.58. The van der Waals surface area contributed by atoms with Crippen LogP contribution in [0.5, 0.6) is 0 Å². The van der Waals surface area contributed by atoms with Gasteiger partial charge >= 0.3 is 0 Å². The van der Waals surface area contributed by atoms with Crippen LogP contribution in [0.15, 0.2) is 0 Å². The first-order chi connectivity index (χ1) is 6.29. The molecular formula is C9H18N2O2. The lowest BCUT2D eigenvalue weighted by molar-refractivity contribution is -0.123. The van der Waals surface area contributed by atoms with Crippen LogP contribution >= 0.6 is 0 Å². The summed E-state index contributed by atoms with van der Waals surface area (Å²) in [6.45, 7) is 2.89. The van der Waals surface area contributed by atoms with E-state index in [1.807, 2.05) is 0 Å². The minimum atomic E-state index is -0.383. The number of primary amides is 1. The average Bonchev–Trinajstić information content (AvgIpc) is 2.32. The van der Waals surface area contributed by atoms with E-state index in [4.69, 9.17) is 10.5 Å². The molecule has 0 aliphatic carbocycles. The Morgan fingerprint density at radius 3 is 3.08 bits per heavy atom. The maximum atomic E-state index is 10.4. The molecule has 0 aromatic rings. The van der Waals surface area contributed by atoms with Crippen LogP contribution in [-0.2, 0) is 9.53 Å². The second-order valence-corrected chi connectivity index (χ2v) is 3.53. The van der Waals surface area contributed by atoms with Gasteiger partial charge in [0.2, 0.25) is 5.91 Å². The molecule has 1 saturated heterocycles. The molecule has 1 fully saturated rings. The standard InChI is InChI=1S/C9H18N2O2/c10-9(12)7-13-6-8-2-1-4-11-5-3-8/h8,11H,1-7H2,(H2,10,12). The van der Waals surface area contributed by atoms with Crippen molar-refractivity contribution < 1.29 is 9.53 Å². The minimum absolute atomic E-state index is 0.0595. The van der Waals surface area contributed by atoms with Gasteiger partial charge in [0.1, 0.15) is 6.61 Å². The Hall–Kier alpha value is -0.610. The molecule has 1 unspecified atom stereocenters. The van der Waals surface area contributed by atoms with Crippen molar-refractivity contribution in [1.82, 2.24) is 5.32 Å². The van der Waals surface area contributed by atoms with Crippen LogP contribution in [0.2, 0.25) is 0 Å². The number of nitrogens with one attached hydrogen (secondary N) is 1. The van der Waals surface area contributed by atoms with Crippen molar-refractivity contribution in [1.29, 1.82) is 0 Å². The van der Waals surface area contributed by atoms with Crippen molar-refractivity contribution in [2.45, 2.75) is 19.3 Å². The van der Waals surface area contributed by atoms with Crippen LogP contribution in [0.1, 0.15) is 19.3 Å². The quantitative estimate of drug-likeness (QED) is 0.643. The molecule has 4 nitrogen and oxygen atoms in total. The summed E-state index contributed by atoms with van der Waals surface area (Å²) in [5.74, 6) is 0.209. The third kappa shape index (κ3) is 4.85. The van der Waals surface area contributed by atoms with Crippen molar-refractivity contribution in [2.75, 3.05) is 26.3 Å². The molecule has 1 atom stereocenters. The smallest absolute Gasteiger partial charge is 0.243 e. The Kier molecular flexibility index (Phi) is 4.78. The Balaban J connectivity index is 2.08. The van der Waals surface area contributed by atoms with Gasteiger partial charge in [0.05, 0.1) is 6.61 Å². The molecular weight excluding hydrogens is 168 g/mol. The lowest BCUT2D eigenvalue weighted by Crippen LogP contribution is -2.21. The van der Waals surface area contributed by atoms with E-state index < -0.39 is 0 Å². The van der Waals surface area contributed by atoms with Gasteiger partial charge in [-0.3, -0.25) is 4.79 Å². The van der Waals surface area contributed by atoms with Crippen molar-refractivity contribution in [3.8, 4) is 0 Å². The van der Waals surface area contributed by atoms with Gasteiger partial charge < -0.3 is 15.8 Å². The summed E-state index contributed by atoms with van der Waals surface area (Å²) in [7, 11) is 0. The molecule has 1 aliphatic rings. The van der Waals surface area contributed by atoms with Crippen LogP contribution in [0, 0.1) is 5.92 Å². The number of amides is 1. The van der Waals surface area contributed by atoms with Crippen molar-refractivity contribution in [3.63, 3.8) is 0 Å². The normalized spacial score (nSPS) is 23.8. The first-order valence-corrected chi connectivity index (χ1v) is 4.86. The van der Waals surface area contributed by atoms with Gasteiger partial charge in [-0.2, -0.15) is 0 Å². The topological polar surface area (TPSA) is 64.4 Å². The highest BCUT2D eigenvalue weighted by Gasteiger charge is 2.11. The van der Waals surface area contributed by atoms with E-state index in [0.717, 1.165) is 19.5 Å². The lowest BCUT2D eigenvalue weighted by Gasteiger charge is -2.12. The van der Waals surface area contributed by atoms with E-state index >= 15 is 0 Å². The van der Waals surface area contributed by atoms with E-state index in [1.54, 1.807) is 0 Å². The number of hydrogen-bond acceptors (Lipinski definition) is 3. The zero-order chi connectivity index (χ0) is 9.52. The second kappa shape index (κ2) is 5.94. The van der Waals surface area contributed by atoms with E-state index in [9.17, 15) is 4.79 Å². The first-order valence-electron chi connectivity index (χ1n) is 4.86. The molecule has 1 amide bonds. The molecule has 13 heavy (non-hydrogen) atoms. The fraction of sp³-hybridized carbons (Fsp3) is 0.889. The van der Waals surface area contributed by atoms with E-state index in [0.29, 0.717) is 12.5 Å². The number of carbonyl (C=O) groups excluding carboxylic acids is 1. The predicted molar refractivity (Wildman–Crippen MR) is 50.2 cm³/mol. The van der Waals surface area contributed by atoms with E-state index in [1.165, 1.54) is 12.8 Å². The summed E-state index contributed by atoms with van der Waals surface area (Å²) in [6, 6.07) is 0. The second-order valence-electron chi connectivity index (χ2n) is 3.53. The molecule has 4 heteroatoms. The molecule has 3 N–H and O–H groups in total. The molecule has 0 bridgehead atoms. The minimum Gasteiger partial charge on any atom is -0.371 e. The highest BCUT2D eigenvalue weighted by molar-refractivity contribution is 5.74. The largest absolute Gasteiger partial charge is 0.371 e. The SMILES string of the molecule is NC(=O)COCC1CCCNCC1. The summed E-state index contributed by atoms with van der Waals surface area (Å²) in [5, 5.41) is 3.33. The molecule has 0 aromatic heterocycles. The highest BCUT2D eigenvalue weighted by atomic mass is 16.5. The fourth-order valence-corrected chi connectivity index (χ4v) is 1.58. The number of carbonyl (C=O) groups is 1. The number of rotatable bonds is 4. The molecule has 1 rings (SSSR count). The van der Waals surface area contributed by atoms with Crippen LogP contribution in [0.3, 0.4) is 0 Å². The van der Waals surface area contributed by atoms with E-state index in [2.05, 4.69) is 5.32 Å². The zero-order valence-corrected chi connectivity index (χ0v) is 7.92. The Morgan fingerprint density at radius 1 is 1.46 bits per heavy atom. The molecule has 0 saturated carbocycles. The molecule has 0 aromatic carbocycles. The summed E-state index contributed by atoms with van der Waals surface area (Å²) >= 11 is 0. The monoisotopic (exact) mass is 186 g/mol. The van der Waals surface area contributed by atoms with E-state index in [-0.39, 0.29) is 12.5 Å². The third-order valence-corrected chi connectivity index (χ3v) is 2.29. The summed E-state index contributed by atoms with van der Waals surface area (Å²) in [6.07, 6.45) is 3.52. The van der Waals surface area contributed by atoms with Crippen LogP contribution in [0.25, 0.3) is 0 Å².